The lowest BCUT2D eigenvalue weighted by atomic mass is 10.0. The van der Waals surface area contributed by atoms with Crippen molar-refractivity contribution in [3.05, 3.63) is 76.0 Å². The topological polar surface area (TPSA) is 86.4 Å². The van der Waals surface area contributed by atoms with Crippen molar-refractivity contribution in [1.29, 1.82) is 0 Å². The number of benzene rings is 2. The summed E-state index contributed by atoms with van der Waals surface area (Å²) in [7, 11) is 1.57. The first kappa shape index (κ1) is 21.9. The van der Waals surface area contributed by atoms with Gasteiger partial charge >= 0.3 is 5.63 Å². The summed E-state index contributed by atoms with van der Waals surface area (Å²) in [6.45, 7) is 2.91. The molecule has 0 saturated heterocycles. The number of nitrogens with zero attached hydrogens (tertiary/aromatic N) is 2. The number of aromatic nitrogens is 2. The SMILES string of the molecule is COc1ccc2c(C)c(CCC(=O)Nc3ccc(-c4cn5c(n4)CCCC5)cc3)c(=O)oc2c1. The average molecular weight is 458 g/mol. The first-order valence-corrected chi connectivity index (χ1v) is 11.6. The molecule has 1 amide bonds. The van der Waals surface area contributed by atoms with E-state index < -0.39 is 5.63 Å². The van der Waals surface area contributed by atoms with E-state index in [1.807, 2.05) is 43.3 Å². The van der Waals surface area contributed by atoms with Gasteiger partial charge in [0.2, 0.25) is 5.91 Å². The molecule has 34 heavy (non-hydrogen) atoms. The molecule has 0 aliphatic carbocycles. The summed E-state index contributed by atoms with van der Waals surface area (Å²) in [4.78, 5) is 29.8. The number of amides is 1. The van der Waals surface area contributed by atoms with Crippen LogP contribution >= 0.6 is 0 Å². The molecule has 0 unspecified atom stereocenters. The third-order valence-corrected chi connectivity index (χ3v) is 6.47. The lowest BCUT2D eigenvalue weighted by Crippen LogP contribution is -2.16. The Balaban J connectivity index is 1.24. The molecule has 4 aromatic rings. The van der Waals surface area contributed by atoms with Crippen molar-refractivity contribution in [3.8, 4) is 17.0 Å². The van der Waals surface area contributed by atoms with Crippen LogP contribution in [0.4, 0.5) is 5.69 Å². The Hall–Kier alpha value is -3.87. The van der Waals surface area contributed by atoms with Crippen molar-refractivity contribution in [3.63, 3.8) is 0 Å². The molecule has 0 saturated carbocycles. The minimum absolute atomic E-state index is 0.154. The maximum absolute atomic E-state index is 12.6. The summed E-state index contributed by atoms with van der Waals surface area (Å²) in [6.07, 6.45) is 6.01. The number of carbonyl (C=O) groups is 1. The van der Waals surface area contributed by atoms with E-state index in [1.165, 1.54) is 12.8 Å². The predicted octanol–water partition coefficient (Wildman–Crippen LogP) is 4.88. The fourth-order valence-electron chi connectivity index (χ4n) is 4.53. The van der Waals surface area contributed by atoms with E-state index in [9.17, 15) is 9.59 Å². The summed E-state index contributed by atoms with van der Waals surface area (Å²) in [5, 5.41) is 3.76. The van der Waals surface area contributed by atoms with Crippen LogP contribution in [0.5, 0.6) is 5.75 Å². The fourth-order valence-corrected chi connectivity index (χ4v) is 4.53. The molecule has 0 radical (unpaired) electrons. The number of anilines is 1. The standard InChI is InChI=1S/C27H27N3O4/c1-17-21-11-10-20(33-2)15-24(21)34-27(32)22(17)12-13-26(31)28-19-8-6-18(7-9-19)23-16-30-14-4-3-5-25(30)29-23/h6-11,15-16H,3-5,12-14H2,1-2H3,(H,28,31). The third kappa shape index (κ3) is 4.33. The Morgan fingerprint density at radius 3 is 2.76 bits per heavy atom. The number of imidazole rings is 1. The largest absolute Gasteiger partial charge is 0.497 e. The monoisotopic (exact) mass is 457 g/mol. The lowest BCUT2D eigenvalue weighted by molar-refractivity contribution is -0.116. The second kappa shape index (κ2) is 9.17. The maximum Gasteiger partial charge on any atom is 0.339 e. The van der Waals surface area contributed by atoms with Crippen LogP contribution in [-0.2, 0) is 24.2 Å². The van der Waals surface area contributed by atoms with E-state index in [4.69, 9.17) is 14.1 Å². The zero-order valence-electron chi connectivity index (χ0n) is 19.4. The number of hydrogen-bond acceptors (Lipinski definition) is 5. The molecule has 1 aliphatic rings. The first-order valence-electron chi connectivity index (χ1n) is 11.6. The quantitative estimate of drug-likeness (QED) is 0.417. The number of methoxy groups -OCH3 is 1. The van der Waals surface area contributed by atoms with Crippen molar-refractivity contribution >= 4 is 22.6 Å². The summed E-state index contributed by atoms with van der Waals surface area (Å²) in [5.41, 5.74) is 4.12. The maximum atomic E-state index is 12.6. The predicted molar refractivity (Wildman–Crippen MR) is 131 cm³/mol. The van der Waals surface area contributed by atoms with Crippen molar-refractivity contribution in [2.75, 3.05) is 12.4 Å². The molecule has 3 heterocycles. The van der Waals surface area contributed by atoms with Crippen molar-refractivity contribution in [2.24, 2.45) is 0 Å². The highest BCUT2D eigenvalue weighted by molar-refractivity contribution is 5.91. The van der Waals surface area contributed by atoms with Crippen LogP contribution in [0.1, 0.15) is 36.2 Å². The Labute approximate surface area is 197 Å². The second-order valence-electron chi connectivity index (χ2n) is 8.67. The van der Waals surface area contributed by atoms with Gasteiger partial charge in [-0.15, -0.1) is 0 Å². The van der Waals surface area contributed by atoms with E-state index in [0.717, 1.165) is 41.0 Å². The van der Waals surface area contributed by atoms with Crippen molar-refractivity contribution < 1.29 is 13.9 Å². The lowest BCUT2D eigenvalue weighted by Gasteiger charge is -2.11. The van der Waals surface area contributed by atoms with Crippen LogP contribution in [-0.4, -0.2) is 22.6 Å². The minimum atomic E-state index is -0.418. The van der Waals surface area contributed by atoms with Gasteiger partial charge in [-0.2, -0.15) is 0 Å². The fraction of sp³-hybridized carbons (Fsp3) is 0.296. The zero-order valence-corrected chi connectivity index (χ0v) is 19.4. The number of aryl methyl sites for hydroxylation is 3. The van der Waals surface area contributed by atoms with Crippen LogP contribution in [0.15, 0.2) is 57.9 Å². The number of hydrogen-bond donors (Lipinski definition) is 1. The van der Waals surface area contributed by atoms with E-state index in [1.54, 1.807) is 13.2 Å². The number of fused-ring (bicyclic) bond motifs is 2. The minimum Gasteiger partial charge on any atom is -0.497 e. The van der Waals surface area contributed by atoms with Gasteiger partial charge in [0.05, 0.1) is 12.8 Å². The molecule has 0 spiro atoms. The number of carbonyl (C=O) groups excluding carboxylic acids is 1. The van der Waals surface area contributed by atoms with Gasteiger partial charge in [-0.05, 0) is 56.0 Å². The Morgan fingerprint density at radius 2 is 2.00 bits per heavy atom. The normalized spacial score (nSPS) is 13.0. The number of nitrogens with one attached hydrogen (secondary N) is 1. The van der Waals surface area contributed by atoms with E-state index in [2.05, 4.69) is 16.1 Å². The highest BCUT2D eigenvalue weighted by atomic mass is 16.5. The van der Waals surface area contributed by atoms with Crippen molar-refractivity contribution in [1.82, 2.24) is 9.55 Å². The van der Waals surface area contributed by atoms with Gasteiger partial charge in [0.15, 0.2) is 0 Å². The van der Waals surface area contributed by atoms with Crippen LogP contribution in [0.2, 0.25) is 0 Å². The van der Waals surface area contributed by atoms with Gasteiger partial charge in [0.1, 0.15) is 17.2 Å². The first-order chi connectivity index (χ1) is 16.5. The van der Waals surface area contributed by atoms with E-state index in [-0.39, 0.29) is 12.3 Å². The number of ether oxygens (including phenoxy) is 1. The highest BCUT2D eigenvalue weighted by Crippen LogP contribution is 2.26. The summed E-state index contributed by atoms with van der Waals surface area (Å²) in [6, 6.07) is 13.1. The number of rotatable bonds is 6. The molecular formula is C27H27N3O4. The van der Waals surface area contributed by atoms with E-state index in [0.29, 0.717) is 29.0 Å². The molecular weight excluding hydrogens is 430 g/mol. The Morgan fingerprint density at radius 1 is 1.18 bits per heavy atom. The Bertz CT molecular complexity index is 1390. The van der Waals surface area contributed by atoms with Crippen molar-refractivity contribution in [2.45, 2.75) is 45.6 Å². The highest BCUT2D eigenvalue weighted by Gasteiger charge is 2.15. The molecule has 174 valence electrons. The van der Waals surface area contributed by atoms with Gasteiger partial charge in [-0.3, -0.25) is 4.79 Å². The third-order valence-electron chi connectivity index (χ3n) is 6.47. The summed E-state index contributed by atoms with van der Waals surface area (Å²) < 4.78 is 12.9. The molecule has 7 heteroatoms. The summed E-state index contributed by atoms with van der Waals surface area (Å²) >= 11 is 0. The van der Waals surface area contributed by atoms with Gasteiger partial charge in [-0.1, -0.05) is 12.1 Å². The van der Waals surface area contributed by atoms with Crippen LogP contribution in [0, 0.1) is 6.92 Å². The van der Waals surface area contributed by atoms with Gasteiger partial charge in [0, 0.05) is 53.9 Å². The van der Waals surface area contributed by atoms with Gasteiger partial charge in [-0.25, -0.2) is 9.78 Å². The van der Waals surface area contributed by atoms with E-state index >= 15 is 0 Å². The molecule has 2 aromatic carbocycles. The molecule has 0 atom stereocenters. The molecule has 5 rings (SSSR count). The molecule has 0 fully saturated rings. The molecule has 0 bridgehead atoms. The van der Waals surface area contributed by atoms with Gasteiger partial charge < -0.3 is 19.0 Å². The Kier molecular flexibility index (Phi) is 5.92. The summed E-state index contributed by atoms with van der Waals surface area (Å²) in [5.74, 6) is 1.62. The smallest absolute Gasteiger partial charge is 0.339 e. The van der Waals surface area contributed by atoms with Gasteiger partial charge in [0.25, 0.3) is 0 Å². The molecule has 7 nitrogen and oxygen atoms in total. The zero-order chi connectivity index (χ0) is 23.7. The van der Waals surface area contributed by atoms with Crippen LogP contribution in [0.3, 0.4) is 0 Å². The molecule has 1 aliphatic heterocycles. The molecule has 1 N–H and O–H groups in total. The van der Waals surface area contributed by atoms with Crippen LogP contribution in [0.25, 0.3) is 22.2 Å². The van der Waals surface area contributed by atoms with Crippen LogP contribution < -0.4 is 15.7 Å². The second-order valence-corrected chi connectivity index (χ2v) is 8.67. The average Bonchev–Trinajstić information content (AvgIpc) is 3.28. The molecule has 2 aromatic heterocycles.